The van der Waals surface area contributed by atoms with Crippen molar-refractivity contribution in [3.05, 3.63) is 70.9 Å². The maximum atomic E-state index is 13.0. The molecule has 0 aliphatic carbocycles. The summed E-state index contributed by atoms with van der Waals surface area (Å²) in [5.74, 6) is -0.554. The number of nitrogens with one attached hydrogen (secondary N) is 1. The molecule has 0 atom stereocenters. The highest BCUT2D eigenvalue weighted by Gasteiger charge is 2.10. The first-order valence-electron chi connectivity index (χ1n) is 7.35. The second kappa shape index (κ2) is 7.67. The largest absolute Gasteiger partial charge is 0.399 e. The molecule has 5 nitrogen and oxygen atoms in total. The Morgan fingerprint density at radius 1 is 1.20 bits per heavy atom. The van der Waals surface area contributed by atoms with Gasteiger partial charge in [0.25, 0.3) is 5.91 Å². The fourth-order valence-electron chi connectivity index (χ4n) is 2.09. The van der Waals surface area contributed by atoms with Crippen LogP contribution in [-0.4, -0.2) is 24.2 Å². The van der Waals surface area contributed by atoms with Crippen molar-refractivity contribution in [1.82, 2.24) is 4.98 Å². The minimum absolute atomic E-state index is 0.254. The van der Waals surface area contributed by atoms with Gasteiger partial charge in [0, 0.05) is 16.5 Å². The number of thiazole rings is 1. The molecule has 3 aromatic rings. The molecule has 25 heavy (non-hydrogen) atoms. The summed E-state index contributed by atoms with van der Waals surface area (Å²) in [5, 5.41) is 8.72. The monoisotopic (exact) mass is 355 g/mol. The number of carbonyl (C=O) groups is 1. The van der Waals surface area contributed by atoms with E-state index in [1.54, 1.807) is 42.6 Å². The Bertz CT molecular complexity index is 889. The van der Waals surface area contributed by atoms with E-state index in [1.165, 1.54) is 30.6 Å². The van der Waals surface area contributed by atoms with Gasteiger partial charge in [0.1, 0.15) is 12.9 Å². The summed E-state index contributed by atoms with van der Waals surface area (Å²) in [6, 6.07) is 13.0. The van der Waals surface area contributed by atoms with Crippen molar-refractivity contribution in [2.24, 2.45) is 5.16 Å². The molecule has 1 heterocycles. The minimum atomic E-state index is -0.300. The van der Waals surface area contributed by atoms with E-state index in [2.05, 4.69) is 20.3 Å². The number of hydrogen-bond acceptors (Lipinski definition) is 5. The lowest BCUT2D eigenvalue weighted by Crippen LogP contribution is -2.11. The van der Waals surface area contributed by atoms with E-state index in [9.17, 15) is 9.18 Å². The highest BCUT2D eigenvalue weighted by atomic mass is 32.1. The summed E-state index contributed by atoms with van der Waals surface area (Å²) in [7, 11) is 1.46. The van der Waals surface area contributed by atoms with Gasteiger partial charge in [-0.05, 0) is 42.0 Å². The van der Waals surface area contributed by atoms with Crippen LogP contribution in [-0.2, 0) is 4.84 Å². The molecule has 2 aromatic carbocycles. The third kappa shape index (κ3) is 4.27. The van der Waals surface area contributed by atoms with Crippen molar-refractivity contribution >= 4 is 28.6 Å². The molecule has 1 N–H and O–H groups in total. The Morgan fingerprint density at radius 2 is 1.92 bits per heavy atom. The van der Waals surface area contributed by atoms with Gasteiger partial charge in [-0.2, -0.15) is 0 Å². The summed E-state index contributed by atoms with van der Waals surface area (Å²) < 4.78 is 13.0. The number of hydrogen-bond donors (Lipinski definition) is 1. The highest BCUT2D eigenvalue weighted by molar-refractivity contribution is 7.14. The number of anilines is 1. The average molecular weight is 355 g/mol. The van der Waals surface area contributed by atoms with E-state index >= 15 is 0 Å². The molecule has 0 aliphatic heterocycles. The number of amides is 1. The number of halogens is 1. The summed E-state index contributed by atoms with van der Waals surface area (Å²) in [4.78, 5) is 21.2. The molecule has 0 saturated heterocycles. The van der Waals surface area contributed by atoms with Crippen molar-refractivity contribution in [2.75, 3.05) is 12.4 Å². The van der Waals surface area contributed by atoms with Gasteiger partial charge in [-0.3, -0.25) is 10.1 Å². The quantitative estimate of drug-likeness (QED) is 0.551. The number of oxime groups is 1. The van der Waals surface area contributed by atoms with Crippen LogP contribution in [0.25, 0.3) is 11.3 Å². The topological polar surface area (TPSA) is 63.6 Å². The molecule has 0 aliphatic rings. The van der Waals surface area contributed by atoms with Crippen LogP contribution in [0.5, 0.6) is 0 Å². The van der Waals surface area contributed by atoms with Crippen LogP contribution in [0, 0.1) is 5.82 Å². The van der Waals surface area contributed by atoms with Crippen molar-refractivity contribution in [3.8, 4) is 11.3 Å². The van der Waals surface area contributed by atoms with Crippen LogP contribution in [0.15, 0.2) is 59.1 Å². The number of carbonyl (C=O) groups excluding carboxylic acids is 1. The number of benzene rings is 2. The molecular weight excluding hydrogens is 341 g/mol. The molecule has 0 bridgehead atoms. The molecule has 0 unspecified atom stereocenters. The predicted octanol–water partition coefficient (Wildman–Crippen LogP) is 4.18. The number of rotatable bonds is 5. The fourth-order valence-corrected chi connectivity index (χ4v) is 2.80. The van der Waals surface area contributed by atoms with Gasteiger partial charge >= 0.3 is 0 Å². The van der Waals surface area contributed by atoms with Crippen molar-refractivity contribution in [2.45, 2.75) is 0 Å². The van der Waals surface area contributed by atoms with Gasteiger partial charge in [-0.15, -0.1) is 11.3 Å². The molecule has 3 rings (SSSR count). The van der Waals surface area contributed by atoms with Crippen molar-refractivity contribution in [1.29, 1.82) is 0 Å². The van der Waals surface area contributed by atoms with E-state index in [-0.39, 0.29) is 11.7 Å². The molecule has 0 radical (unpaired) electrons. The van der Waals surface area contributed by atoms with Crippen molar-refractivity contribution < 1.29 is 14.0 Å². The molecule has 0 spiro atoms. The zero-order valence-electron chi connectivity index (χ0n) is 13.3. The Kier molecular flexibility index (Phi) is 5.15. The number of aromatic nitrogens is 1. The first-order valence-corrected chi connectivity index (χ1v) is 8.23. The molecule has 1 aromatic heterocycles. The smallest absolute Gasteiger partial charge is 0.257 e. The predicted molar refractivity (Wildman–Crippen MR) is 96.5 cm³/mol. The molecular formula is C18H14FN3O2S. The fraction of sp³-hybridized carbons (Fsp3) is 0.0556. The maximum absolute atomic E-state index is 13.0. The Labute approximate surface area is 147 Å². The van der Waals surface area contributed by atoms with E-state index < -0.39 is 0 Å². The third-order valence-corrected chi connectivity index (χ3v) is 4.10. The lowest BCUT2D eigenvalue weighted by Gasteiger charge is -2.02. The summed E-state index contributed by atoms with van der Waals surface area (Å²) in [5.41, 5.74) is 2.81. The summed E-state index contributed by atoms with van der Waals surface area (Å²) in [6.45, 7) is 0. The standard InChI is InChI=1S/C18H14FN3O2S/c1-24-20-10-12-2-4-14(5-3-12)17(23)22-18-21-16(11-25-18)13-6-8-15(19)9-7-13/h2-11H,1H3,(H,21,22,23)/b20-10+. The van der Waals surface area contributed by atoms with E-state index in [0.717, 1.165) is 11.1 Å². The lowest BCUT2D eigenvalue weighted by atomic mass is 10.1. The summed E-state index contributed by atoms with van der Waals surface area (Å²) in [6.07, 6.45) is 1.55. The normalized spacial score (nSPS) is 10.8. The van der Waals surface area contributed by atoms with Gasteiger partial charge in [0.15, 0.2) is 5.13 Å². The number of nitrogens with zero attached hydrogens (tertiary/aromatic N) is 2. The van der Waals surface area contributed by atoms with Gasteiger partial charge in [0.05, 0.1) is 11.9 Å². The van der Waals surface area contributed by atoms with E-state index in [1.807, 2.05) is 5.38 Å². The molecule has 126 valence electrons. The van der Waals surface area contributed by atoms with Crippen LogP contribution in [0.4, 0.5) is 9.52 Å². The van der Waals surface area contributed by atoms with Crippen LogP contribution in [0.3, 0.4) is 0 Å². The second-order valence-electron chi connectivity index (χ2n) is 5.04. The second-order valence-corrected chi connectivity index (χ2v) is 5.90. The highest BCUT2D eigenvalue weighted by Crippen LogP contribution is 2.25. The van der Waals surface area contributed by atoms with Gasteiger partial charge in [-0.1, -0.05) is 17.3 Å². The minimum Gasteiger partial charge on any atom is -0.399 e. The van der Waals surface area contributed by atoms with Crippen LogP contribution >= 0.6 is 11.3 Å². The summed E-state index contributed by atoms with van der Waals surface area (Å²) >= 11 is 1.31. The van der Waals surface area contributed by atoms with Gasteiger partial charge in [-0.25, -0.2) is 9.37 Å². The van der Waals surface area contributed by atoms with Crippen LogP contribution in [0.1, 0.15) is 15.9 Å². The molecule has 7 heteroatoms. The third-order valence-electron chi connectivity index (χ3n) is 3.34. The first-order chi connectivity index (χ1) is 12.2. The first kappa shape index (κ1) is 16.8. The SMILES string of the molecule is CO/N=C/c1ccc(C(=O)Nc2nc(-c3ccc(F)cc3)cs2)cc1. The van der Waals surface area contributed by atoms with Crippen LogP contribution < -0.4 is 5.32 Å². The Balaban J connectivity index is 1.69. The Morgan fingerprint density at radius 3 is 2.60 bits per heavy atom. The average Bonchev–Trinajstić information content (AvgIpc) is 3.09. The molecule has 0 fully saturated rings. The lowest BCUT2D eigenvalue weighted by molar-refractivity contribution is 0.102. The molecule has 1 amide bonds. The zero-order valence-corrected chi connectivity index (χ0v) is 14.1. The van der Waals surface area contributed by atoms with Gasteiger partial charge in [0.2, 0.25) is 0 Å². The maximum Gasteiger partial charge on any atom is 0.257 e. The van der Waals surface area contributed by atoms with E-state index in [4.69, 9.17) is 0 Å². The van der Waals surface area contributed by atoms with E-state index in [0.29, 0.717) is 16.4 Å². The Hall–Kier alpha value is -3.06. The molecule has 0 saturated carbocycles. The van der Waals surface area contributed by atoms with Crippen LogP contribution in [0.2, 0.25) is 0 Å². The van der Waals surface area contributed by atoms with Gasteiger partial charge < -0.3 is 4.84 Å². The zero-order chi connectivity index (χ0) is 17.6. The van der Waals surface area contributed by atoms with Crippen molar-refractivity contribution in [3.63, 3.8) is 0 Å².